The number of piperazine rings is 1. The zero-order valence-electron chi connectivity index (χ0n) is 15.7. The lowest BCUT2D eigenvalue weighted by Gasteiger charge is -2.45. The summed E-state index contributed by atoms with van der Waals surface area (Å²) in [7, 11) is 0. The standard InChI is InChI=1S/C18H34F3N3/c1-15(2)24-12-10-22(11-13-24)7-5-8-23-9-6-16(18(19,20)21)17(3,4)14-23/h15-16H,5-14H2,1-4H3/t16-/m0/s1. The second-order valence-electron chi connectivity index (χ2n) is 8.47. The largest absolute Gasteiger partial charge is 0.392 e. The number of rotatable bonds is 5. The average Bonchev–Trinajstić information content (AvgIpc) is 2.45. The van der Waals surface area contributed by atoms with E-state index >= 15 is 0 Å². The Morgan fingerprint density at radius 2 is 1.54 bits per heavy atom. The Hall–Kier alpha value is -0.330. The minimum atomic E-state index is -4.06. The van der Waals surface area contributed by atoms with Gasteiger partial charge in [-0.3, -0.25) is 4.90 Å². The van der Waals surface area contributed by atoms with Crippen molar-refractivity contribution in [2.45, 2.75) is 52.8 Å². The number of alkyl halides is 3. The van der Waals surface area contributed by atoms with Crippen molar-refractivity contribution in [2.75, 3.05) is 52.4 Å². The Morgan fingerprint density at radius 1 is 0.958 bits per heavy atom. The van der Waals surface area contributed by atoms with Crippen LogP contribution in [0.15, 0.2) is 0 Å². The number of halogens is 3. The summed E-state index contributed by atoms with van der Waals surface area (Å²) in [5.41, 5.74) is -0.681. The molecule has 0 saturated carbocycles. The highest BCUT2D eigenvalue weighted by atomic mass is 19.4. The van der Waals surface area contributed by atoms with E-state index in [4.69, 9.17) is 0 Å². The van der Waals surface area contributed by atoms with Gasteiger partial charge in [-0.25, -0.2) is 0 Å². The molecule has 0 amide bonds. The fourth-order valence-corrected chi connectivity index (χ4v) is 4.29. The van der Waals surface area contributed by atoms with Gasteiger partial charge < -0.3 is 9.80 Å². The van der Waals surface area contributed by atoms with Gasteiger partial charge in [0, 0.05) is 38.8 Å². The zero-order valence-corrected chi connectivity index (χ0v) is 15.7. The quantitative estimate of drug-likeness (QED) is 0.754. The molecule has 0 unspecified atom stereocenters. The summed E-state index contributed by atoms with van der Waals surface area (Å²) in [5, 5.41) is 0. The van der Waals surface area contributed by atoms with E-state index in [-0.39, 0.29) is 6.42 Å². The molecular formula is C18H34F3N3. The molecule has 6 heteroatoms. The van der Waals surface area contributed by atoms with Gasteiger partial charge in [0.1, 0.15) is 0 Å². The van der Waals surface area contributed by atoms with Crippen molar-refractivity contribution < 1.29 is 13.2 Å². The van der Waals surface area contributed by atoms with Crippen LogP contribution in [0.1, 0.15) is 40.5 Å². The van der Waals surface area contributed by atoms with E-state index in [1.54, 1.807) is 13.8 Å². The normalized spacial score (nSPS) is 27.8. The first kappa shape index (κ1) is 20.0. The van der Waals surface area contributed by atoms with Crippen molar-refractivity contribution in [3.05, 3.63) is 0 Å². The lowest BCUT2D eigenvalue weighted by molar-refractivity contribution is -0.216. The summed E-state index contributed by atoms with van der Waals surface area (Å²) >= 11 is 0. The van der Waals surface area contributed by atoms with Crippen LogP contribution in [0.2, 0.25) is 0 Å². The number of nitrogens with zero attached hydrogens (tertiary/aromatic N) is 3. The molecule has 142 valence electrons. The van der Waals surface area contributed by atoms with Crippen LogP contribution in [0.25, 0.3) is 0 Å². The third-order valence-corrected chi connectivity index (χ3v) is 5.79. The molecule has 2 rings (SSSR count). The molecule has 0 radical (unpaired) electrons. The molecule has 0 aromatic carbocycles. The third-order valence-electron chi connectivity index (χ3n) is 5.79. The first-order valence-corrected chi connectivity index (χ1v) is 9.35. The van der Waals surface area contributed by atoms with E-state index in [1.165, 1.54) is 0 Å². The summed E-state index contributed by atoms with van der Waals surface area (Å²) in [6.45, 7) is 15.6. The minimum Gasteiger partial charge on any atom is -0.303 e. The maximum atomic E-state index is 13.1. The van der Waals surface area contributed by atoms with Gasteiger partial charge in [-0.15, -0.1) is 0 Å². The van der Waals surface area contributed by atoms with Gasteiger partial charge in [-0.1, -0.05) is 13.8 Å². The highest BCUT2D eigenvalue weighted by molar-refractivity contribution is 4.90. The number of hydrogen-bond acceptors (Lipinski definition) is 3. The summed E-state index contributed by atoms with van der Waals surface area (Å²) in [6.07, 6.45) is -2.77. The van der Waals surface area contributed by atoms with Crippen molar-refractivity contribution >= 4 is 0 Å². The van der Waals surface area contributed by atoms with Crippen molar-refractivity contribution in [1.29, 1.82) is 0 Å². The van der Waals surface area contributed by atoms with Gasteiger partial charge in [0.25, 0.3) is 0 Å². The highest BCUT2D eigenvalue weighted by Gasteiger charge is 2.50. The Morgan fingerprint density at radius 3 is 2.04 bits per heavy atom. The fourth-order valence-electron chi connectivity index (χ4n) is 4.29. The lowest BCUT2D eigenvalue weighted by atomic mass is 9.73. The summed E-state index contributed by atoms with van der Waals surface area (Å²) in [4.78, 5) is 7.22. The number of piperidine rings is 1. The van der Waals surface area contributed by atoms with Crippen LogP contribution < -0.4 is 0 Å². The molecule has 3 nitrogen and oxygen atoms in total. The van der Waals surface area contributed by atoms with Crippen LogP contribution in [-0.2, 0) is 0 Å². The lowest BCUT2D eigenvalue weighted by Crippen LogP contribution is -2.51. The van der Waals surface area contributed by atoms with E-state index in [9.17, 15) is 13.2 Å². The Bertz CT molecular complexity index is 387. The van der Waals surface area contributed by atoms with Crippen LogP contribution >= 0.6 is 0 Å². The molecule has 24 heavy (non-hydrogen) atoms. The van der Waals surface area contributed by atoms with Crippen LogP contribution in [0.3, 0.4) is 0 Å². The maximum absolute atomic E-state index is 13.1. The third kappa shape index (κ3) is 5.33. The minimum absolute atomic E-state index is 0.240. The number of hydrogen-bond donors (Lipinski definition) is 0. The molecule has 0 aromatic rings. The van der Waals surface area contributed by atoms with Gasteiger partial charge in [0.05, 0.1) is 5.92 Å². The Kier molecular flexibility index (Phi) is 6.59. The van der Waals surface area contributed by atoms with Crippen molar-refractivity contribution in [1.82, 2.24) is 14.7 Å². The maximum Gasteiger partial charge on any atom is 0.392 e. The van der Waals surface area contributed by atoms with Crippen LogP contribution in [-0.4, -0.2) is 79.3 Å². The molecule has 2 heterocycles. The van der Waals surface area contributed by atoms with Crippen molar-refractivity contribution in [2.24, 2.45) is 11.3 Å². The first-order chi connectivity index (χ1) is 11.1. The molecule has 2 aliphatic rings. The van der Waals surface area contributed by atoms with Crippen molar-refractivity contribution in [3.63, 3.8) is 0 Å². The molecule has 1 atom stereocenters. The van der Waals surface area contributed by atoms with E-state index in [2.05, 4.69) is 28.5 Å². The summed E-state index contributed by atoms with van der Waals surface area (Å²) in [6, 6.07) is 0.615. The second kappa shape index (κ2) is 7.92. The molecule has 2 aliphatic heterocycles. The highest BCUT2D eigenvalue weighted by Crippen LogP contribution is 2.44. The van der Waals surface area contributed by atoms with Gasteiger partial charge >= 0.3 is 6.18 Å². The topological polar surface area (TPSA) is 9.72 Å². The Labute approximate surface area is 145 Å². The molecule has 2 fully saturated rings. The Balaban J connectivity index is 1.69. The predicted octanol–water partition coefficient (Wildman–Crippen LogP) is 3.31. The van der Waals surface area contributed by atoms with E-state index < -0.39 is 17.5 Å². The molecule has 0 N–H and O–H groups in total. The molecule has 0 bridgehead atoms. The molecule has 0 aromatic heterocycles. The van der Waals surface area contributed by atoms with Crippen LogP contribution in [0, 0.1) is 11.3 Å². The predicted molar refractivity (Wildman–Crippen MR) is 92.1 cm³/mol. The van der Waals surface area contributed by atoms with E-state index in [0.717, 1.165) is 45.7 Å². The summed E-state index contributed by atoms with van der Waals surface area (Å²) < 4.78 is 39.4. The molecule has 0 spiro atoms. The molecule has 2 saturated heterocycles. The first-order valence-electron chi connectivity index (χ1n) is 9.35. The monoisotopic (exact) mass is 349 g/mol. The van der Waals surface area contributed by atoms with E-state index in [1.807, 2.05) is 0 Å². The second-order valence-corrected chi connectivity index (χ2v) is 8.47. The van der Waals surface area contributed by atoms with Crippen molar-refractivity contribution in [3.8, 4) is 0 Å². The molecule has 0 aliphatic carbocycles. The van der Waals surface area contributed by atoms with Gasteiger partial charge in [-0.05, 0) is 51.7 Å². The van der Waals surface area contributed by atoms with Gasteiger partial charge in [0.15, 0.2) is 0 Å². The van der Waals surface area contributed by atoms with Gasteiger partial charge in [-0.2, -0.15) is 13.2 Å². The van der Waals surface area contributed by atoms with Crippen LogP contribution in [0.4, 0.5) is 13.2 Å². The fraction of sp³-hybridized carbons (Fsp3) is 1.00. The molecular weight excluding hydrogens is 315 g/mol. The zero-order chi connectivity index (χ0) is 18.0. The summed E-state index contributed by atoms with van der Waals surface area (Å²) in [5.74, 6) is -1.16. The van der Waals surface area contributed by atoms with E-state index in [0.29, 0.717) is 19.1 Å². The van der Waals surface area contributed by atoms with Crippen LogP contribution in [0.5, 0.6) is 0 Å². The SMILES string of the molecule is CC(C)N1CCN(CCCN2CC[C@H](C(F)(F)F)C(C)(C)C2)CC1. The number of likely N-dealkylation sites (tertiary alicyclic amines) is 1. The van der Waals surface area contributed by atoms with Gasteiger partial charge in [0.2, 0.25) is 0 Å². The average molecular weight is 349 g/mol. The smallest absolute Gasteiger partial charge is 0.303 e.